The fraction of sp³-hybridized carbons (Fsp3) is 0.227. The van der Waals surface area contributed by atoms with Gasteiger partial charge in [0.2, 0.25) is 5.91 Å². The van der Waals surface area contributed by atoms with Crippen LogP contribution in [0.5, 0.6) is 5.75 Å². The second-order valence-corrected chi connectivity index (χ2v) is 6.29. The summed E-state index contributed by atoms with van der Waals surface area (Å²) < 4.78 is 5.19. The maximum Gasteiger partial charge on any atom is 0.216 e. The van der Waals surface area contributed by atoms with Gasteiger partial charge in [-0.3, -0.25) is 4.79 Å². The maximum absolute atomic E-state index is 11.1. The summed E-state index contributed by atoms with van der Waals surface area (Å²) in [5.74, 6) is 0.871. The molecule has 0 spiro atoms. The standard InChI is InChI=1S/C22H24N2O2/c1-16(25)23-13-12-19-5-3-4-18-8-9-20(14-22(18)19)24-15-17-6-10-21(26-2)11-7-17/h3-11,14,24H,12-13,15H2,1-2H3,(H,23,25). The minimum absolute atomic E-state index is 0.00656. The van der Waals surface area contributed by atoms with Crippen LogP contribution < -0.4 is 15.4 Å². The molecule has 0 aliphatic rings. The van der Waals surface area contributed by atoms with Crippen molar-refractivity contribution in [1.29, 1.82) is 0 Å². The Bertz CT molecular complexity index is 888. The summed E-state index contributed by atoms with van der Waals surface area (Å²) in [6.07, 6.45) is 0.818. The van der Waals surface area contributed by atoms with Crippen molar-refractivity contribution in [3.05, 3.63) is 71.8 Å². The van der Waals surface area contributed by atoms with E-state index in [-0.39, 0.29) is 5.91 Å². The molecule has 26 heavy (non-hydrogen) atoms. The molecule has 1 amide bonds. The molecule has 0 radical (unpaired) electrons. The molecule has 3 aromatic rings. The average molecular weight is 348 g/mol. The average Bonchev–Trinajstić information content (AvgIpc) is 2.66. The van der Waals surface area contributed by atoms with Crippen molar-refractivity contribution in [3.63, 3.8) is 0 Å². The third kappa shape index (κ3) is 4.54. The zero-order chi connectivity index (χ0) is 18.4. The number of nitrogens with one attached hydrogen (secondary N) is 2. The summed E-state index contributed by atoms with van der Waals surface area (Å²) in [5, 5.41) is 8.77. The van der Waals surface area contributed by atoms with Crippen LogP contribution in [0, 0.1) is 0 Å². The molecule has 3 rings (SSSR count). The highest BCUT2D eigenvalue weighted by molar-refractivity contribution is 5.88. The summed E-state index contributed by atoms with van der Waals surface area (Å²) in [5.41, 5.74) is 3.52. The van der Waals surface area contributed by atoms with Crippen LogP contribution in [0.2, 0.25) is 0 Å². The van der Waals surface area contributed by atoms with Gasteiger partial charge >= 0.3 is 0 Å². The molecule has 0 aliphatic heterocycles. The van der Waals surface area contributed by atoms with Gasteiger partial charge in [-0.25, -0.2) is 0 Å². The first-order valence-corrected chi connectivity index (χ1v) is 8.78. The minimum Gasteiger partial charge on any atom is -0.497 e. The van der Waals surface area contributed by atoms with Crippen molar-refractivity contribution < 1.29 is 9.53 Å². The number of amides is 1. The SMILES string of the molecule is COc1ccc(CNc2ccc3cccc(CCNC(C)=O)c3c2)cc1. The zero-order valence-corrected chi connectivity index (χ0v) is 15.2. The van der Waals surface area contributed by atoms with Crippen molar-refractivity contribution in [2.75, 3.05) is 19.0 Å². The highest BCUT2D eigenvalue weighted by atomic mass is 16.5. The molecule has 0 unspecified atom stereocenters. The fourth-order valence-electron chi connectivity index (χ4n) is 2.99. The fourth-order valence-corrected chi connectivity index (χ4v) is 2.99. The number of carbonyl (C=O) groups is 1. The number of rotatable bonds is 7. The Morgan fingerprint density at radius 2 is 1.85 bits per heavy atom. The van der Waals surface area contributed by atoms with E-state index in [2.05, 4.69) is 59.2 Å². The molecule has 0 bridgehead atoms. The Kier molecular flexibility index (Phi) is 5.74. The van der Waals surface area contributed by atoms with E-state index in [1.54, 1.807) is 14.0 Å². The molecule has 0 saturated heterocycles. The number of methoxy groups -OCH3 is 1. The molecule has 2 N–H and O–H groups in total. The van der Waals surface area contributed by atoms with E-state index >= 15 is 0 Å². The van der Waals surface area contributed by atoms with E-state index in [0.29, 0.717) is 6.54 Å². The zero-order valence-electron chi connectivity index (χ0n) is 15.2. The third-order valence-electron chi connectivity index (χ3n) is 4.40. The van der Waals surface area contributed by atoms with E-state index < -0.39 is 0 Å². The summed E-state index contributed by atoms with van der Waals surface area (Å²) in [7, 11) is 1.67. The molecule has 0 aromatic heterocycles. The Hall–Kier alpha value is -3.01. The van der Waals surface area contributed by atoms with Crippen LogP contribution in [0.25, 0.3) is 10.8 Å². The number of anilines is 1. The summed E-state index contributed by atoms with van der Waals surface area (Å²) in [6, 6.07) is 20.8. The van der Waals surface area contributed by atoms with Gasteiger partial charge in [0.15, 0.2) is 0 Å². The quantitative estimate of drug-likeness (QED) is 0.675. The van der Waals surface area contributed by atoms with Crippen LogP contribution in [-0.4, -0.2) is 19.6 Å². The van der Waals surface area contributed by atoms with Gasteiger partial charge in [0.1, 0.15) is 5.75 Å². The molecular formula is C22H24N2O2. The van der Waals surface area contributed by atoms with Crippen molar-refractivity contribution in [2.45, 2.75) is 19.9 Å². The third-order valence-corrected chi connectivity index (χ3v) is 4.40. The highest BCUT2D eigenvalue weighted by Gasteiger charge is 2.03. The van der Waals surface area contributed by atoms with Gasteiger partial charge in [-0.05, 0) is 52.6 Å². The van der Waals surface area contributed by atoms with E-state index in [1.165, 1.54) is 21.9 Å². The number of ether oxygens (including phenoxy) is 1. The first-order chi connectivity index (χ1) is 12.7. The van der Waals surface area contributed by atoms with Crippen molar-refractivity contribution in [3.8, 4) is 5.75 Å². The lowest BCUT2D eigenvalue weighted by atomic mass is 10.0. The lowest BCUT2D eigenvalue weighted by Crippen LogP contribution is -2.22. The first-order valence-electron chi connectivity index (χ1n) is 8.78. The second-order valence-electron chi connectivity index (χ2n) is 6.29. The first kappa shape index (κ1) is 17.8. The van der Waals surface area contributed by atoms with Gasteiger partial charge in [0.25, 0.3) is 0 Å². The number of hydrogen-bond donors (Lipinski definition) is 2. The summed E-state index contributed by atoms with van der Waals surface area (Å²) in [4.78, 5) is 11.1. The van der Waals surface area contributed by atoms with Crippen molar-refractivity contribution in [2.24, 2.45) is 0 Å². The monoisotopic (exact) mass is 348 g/mol. The molecule has 4 nitrogen and oxygen atoms in total. The van der Waals surface area contributed by atoms with Crippen LogP contribution in [0.1, 0.15) is 18.1 Å². The predicted octanol–water partition coefficient (Wildman–Crippen LogP) is 4.14. The number of benzene rings is 3. The molecule has 134 valence electrons. The van der Waals surface area contributed by atoms with Crippen LogP contribution in [0.4, 0.5) is 5.69 Å². The van der Waals surface area contributed by atoms with E-state index in [0.717, 1.165) is 24.4 Å². The van der Waals surface area contributed by atoms with E-state index in [1.807, 2.05) is 12.1 Å². The maximum atomic E-state index is 11.1. The second kappa shape index (κ2) is 8.39. The van der Waals surface area contributed by atoms with Gasteiger partial charge in [-0.2, -0.15) is 0 Å². The van der Waals surface area contributed by atoms with E-state index in [4.69, 9.17) is 4.74 Å². The Balaban J connectivity index is 1.73. The van der Waals surface area contributed by atoms with Crippen LogP contribution >= 0.6 is 0 Å². The lowest BCUT2D eigenvalue weighted by Gasteiger charge is -2.11. The summed E-state index contributed by atoms with van der Waals surface area (Å²) in [6.45, 7) is 2.95. The lowest BCUT2D eigenvalue weighted by molar-refractivity contribution is -0.118. The molecule has 0 aliphatic carbocycles. The topological polar surface area (TPSA) is 50.4 Å². The number of carbonyl (C=O) groups excluding carboxylic acids is 1. The smallest absolute Gasteiger partial charge is 0.216 e. The summed E-state index contributed by atoms with van der Waals surface area (Å²) >= 11 is 0. The highest BCUT2D eigenvalue weighted by Crippen LogP contribution is 2.24. The van der Waals surface area contributed by atoms with Gasteiger partial charge in [-0.1, -0.05) is 36.4 Å². The van der Waals surface area contributed by atoms with E-state index in [9.17, 15) is 4.79 Å². The Morgan fingerprint density at radius 3 is 2.58 bits per heavy atom. The largest absolute Gasteiger partial charge is 0.497 e. The number of fused-ring (bicyclic) bond motifs is 1. The molecule has 0 heterocycles. The molecule has 4 heteroatoms. The molecule has 0 fully saturated rings. The normalized spacial score (nSPS) is 10.5. The van der Waals surface area contributed by atoms with Crippen LogP contribution in [0.3, 0.4) is 0 Å². The molecular weight excluding hydrogens is 324 g/mol. The van der Waals surface area contributed by atoms with Crippen molar-refractivity contribution >= 4 is 22.4 Å². The van der Waals surface area contributed by atoms with Gasteiger partial charge in [0.05, 0.1) is 7.11 Å². The molecule has 3 aromatic carbocycles. The van der Waals surface area contributed by atoms with Crippen molar-refractivity contribution in [1.82, 2.24) is 5.32 Å². The van der Waals surface area contributed by atoms with Crippen LogP contribution in [0.15, 0.2) is 60.7 Å². The Labute approximate surface area is 154 Å². The van der Waals surface area contributed by atoms with Gasteiger partial charge in [0, 0.05) is 25.7 Å². The van der Waals surface area contributed by atoms with Gasteiger partial charge in [-0.15, -0.1) is 0 Å². The minimum atomic E-state index is 0.00656. The molecule has 0 saturated carbocycles. The predicted molar refractivity (Wildman–Crippen MR) is 107 cm³/mol. The number of hydrogen-bond acceptors (Lipinski definition) is 3. The Morgan fingerprint density at radius 1 is 1.04 bits per heavy atom. The van der Waals surface area contributed by atoms with Crippen LogP contribution in [-0.2, 0) is 17.8 Å². The van der Waals surface area contributed by atoms with Gasteiger partial charge < -0.3 is 15.4 Å². The molecule has 0 atom stereocenters.